The molecule has 0 bridgehead atoms. The molecule has 30 heavy (non-hydrogen) atoms. The quantitative estimate of drug-likeness (QED) is 0.684. The maximum absolute atomic E-state index is 13.0. The molecule has 0 radical (unpaired) electrons. The lowest BCUT2D eigenvalue weighted by Gasteiger charge is -2.65. The molecule has 4 aliphatic carbocycles. The largest absolute Gasteiger partial charge is 0.458 e. The van der Waals surface area contributed by atoms with Crippen LogP contribution in [0.25, 0.3) is 0 Å². The van der Waals surface area contributed by atoms with E-state index < -0.39 is 35.5 Å². The zero-order valence-corrected chi connectivity index (χ0v) is 18.5. The second-order valence-corrected chi connectivity index (χ2v) is 10.9. The van der Waals surface area contributed by atoms with Crippen molar-refractivity contribution in [2.45, 2.75) is 84.3 Å². The number of hydrogen-bond donors (Lipinski definition) is 2. The number of rotatable bonds is 3. The third kappa shape index (κ3) is 2.72. The van der Waals surface area contributed by atoms with Gasteiger partial charge in [-0.15, -0.1) is 0 Å². The zero-order chi connectivity index (χ0) is 22.1. The van der Waals surface area contributed by atoms with Gasteiger partial charge < -0.3 is 14.9 Å². The van der Waals surface area contributed by atoms with Crippen molar-refractivity contribution >= 4 is 17.5 Å². The van der Waals surface area contributed by atoms with Crippen LogP contribution in [0.5, 0.6) is 0 Å². The van der Waals surface area contributed by atoms with Crippen LogP contribution < -0.4 is 0 Å². The first-order valence-electron chi connectivity index (χ1n) is 11.2. The Hall–Kier alpha value is -1.53. The average Bonchev–Trinajstić information content (AvgIpc) is 2.92. The van der Waals surface area contributed by atoms with Crippen molar-refractivity contribution in [3.05, 3.63) is 11.6 Å². The lowest BCUT2D eigenvalue weighted by atomic mass is 9.40. The number of ether oxygens (including phenoxy) is 1. The number of fused-ring (bicyclic) bond motifs is 5. The SMILES string of the molecule is CC(=O)OCC(=O)[C@@]1(O)CC[C@H]2[C@]3(C)CCC4=CC(=O)CC[C@]4(C)[C@H]3[C@@H](O)C[C@@]21C. The third-order valence-electron chi connectivity index (χ3n) is 9.48. The van der Waals surface area contributed by atoms with Crippen molar-refractivity contribution in [3.8, 4) is 0 Å². The van der Waals surface area contributed by atoms with Crippen molar-refractivity contribution in [2.75, 3.05) is 6.61 Å². The fourth-order valence-electron chi connectivity index (χ4n) is 8.14. The standard InChI is InChI=1S/C24H34O6/c1-14(25)30-13-19(28)24(29)10-7-18-22(3)8-5-15-11-16(26)6-9-21(15,2)20(22)17(27)12-23(18,24)4/h11,17-18,20,27,29H,5-10,12-13H2,1-4H3/t17-,18-,20+,21-,22-,23-,24-/m0/s1. The van der Waals surface area contributed by atoms with Crippen LogP contribution in [0.1, 0.15) is 72.6 Å². The van der Waals surface area contributed by atoms with E-state index in [-0.39, 0.29) is 28.4 Å². The van der Waals surface area contributed by atoms with E-state index in [1.807, 2.05) is 6.92 Å². The second kappa shape index (κ2) is 6.73. The Labute approximate surface area is 178 Å². The molecule has 2 N–H and O–H groups in total. The molecule has 3 fully saturated rings. The Morgan fingerprint density at radius 1 is 1.17 bits per heavy atom. The van der Waals surface area contributed by atoms with Gasteiger partial charge in [0.15, 0.2) is 12.4 Å². The first kappa shape index (κ1) is 21.7. The Bertz CT molecular complexity index is 832. The monoisotopic (exact) mass is 418 g/mol. The molecular weight excluding hydrogens is 384 g/mol. The Morgan fingerprint density at radius 2 is 1.87 bits per heavy atom. The number of carbonyl (C=O) groups excluding carboxylic acids is 3. The summed E-state index contributed by atoms with van der Waals surface area (Å²) in [5.74, 6) is -0.785. The Balaban J connectivity index is 1.71. The molecule has 0 aromatic heterocycles. The molecule has 0 aromatic carbocycles. The number of carbonyl (C=O) groups is 3. The van der Waals surface area contributed by atoms with Gasteiger partial charge in [0.1, 0.15) is 5.60 Å². The van der Waals surface area contributed by atoms with E-state index in [2.05, 4.69) is 13.8 Å². The summed E-state index contributed by atoms with van der Waals surface area (Å²) in [6, 6.07) is 0. The summed E-state index contributed by atoms with van der Waals surface area (Å²) in [6.07, 6.45) is 5.37. The molecule has 166 valence electrons. The van der Waals surface area contributed by atoms with Gasteiger partial charge in [-0.05, 0) is 67.3 Å². The van der Waals surface area contributed by atoms with E-state index in [9.17, 15) is 24.6 Å². The second-order valence-electron chi connectivity index (χ2n) is 10.9. The summed E-state index contributed by atoms with van der Waals surface area (Å²) in [4.78, 5) is 36.2. The maximum atomic E-state index is 13.0. The maximum Gasteiger partial charge on any atom is 0.303 e. The van der Waals surface area contributed by atoms with Crippen molar-refractivity contribution in [1.82, 2.24) is 0 Å². The molecule has 6 nitrogen and oxygen atoms in total. The van der Waals surface area contributed by atoms with Gasteiger partial charge >= 0.3 is 5.97 Å². The third-order valence-corrected chi connectivity index (χ3v) is 9.48. The first-order chi connectivity index (χ1) is 13.9. The highest BCUT2D eigenvalue weighted by atomic mass is 16.5. The van der Waals surface area contributed by atoms with E-state index in [4.69, 9.17) is 4.74 Å². The minimum Gasteiger partial charge on any atom is -0.458 e. The minimum atomic E-state index is -1.61. The summed E-state index contributed by atoms with van der Waals surface area (Å²) in [6.45, 7) is 7.14. The smallest absolute Gasteiger partial charge is 0.303 e. The summed E-state index contributed by atoms with van der Waals surface area (Å²) < 4.78 is 4.91. The molecule has 3 saturated carbocycles. The minimum absolute atomic E-state index is 0.0119. The molecule has 0 aromatic rings. The fourth-order valence-corrected chi connectivity index (χ4v) is 8.14. The van der Waals surface area contributed by atoms with E-state index >= 15 is 0 Å². The summed E-state index contributed by atoms with van der Waals surface area (Å²) in [5, 5.41) is 23.0. The molecule has 0 unspecified atom stereocenters. The van der Waals surface area contributed by atoms with Gasteiger partial charge in [-0.2, -0.15) is 0 Å². The van der Waals surface area contributed by atoms with Crippen molar-refractivity contribution in [1.29, 1.82) is 0 Å². The van der Waals surface area contributed by atoms with Crippen LogP contribution >= 0.6 is 0 Å². The van der Waals surface area contributed by atoms with E-state index in [0.717, 1.165) is 24.8 Å². The van der Waals surface area contributed by atoms with Crippen LogP contribution in [0, 0.1) is 28.1 Å². The lowest BCUT2D eigenvalue weighted by molar-refractivity contribution is -0.208. The summed E-state index contributed by atoms with van der Waals surface area (Å²) in [7, 11) is 0. The predicted octanol–water partition coefficient (Wildman–Crippen LogP) is 2.74. The van der Waals surface area contributed by atoms with Crippen LogP contribution in [0.3, 0.4) is 0 Å². The van der Waals surface area contributed by atoms with E-state index in [1.165, 1.54) is 6.92 Å². The number of Topliss-reactive ketones (excluding diaryl/α,β-unsaturated/α-hetero) is 1. The van der Waals surface area contributed by atoms with Crippen LogP contribution in [-0.2, 0) is 19.1 Å². The van der Waals surface area contributed by atoms with Gasteiger partial charge in [-0.3, -0.25) is 14.4 Å². The molecule has 0 heterocycles. The molecular formula is C24H34O6. The van der Waals surface area contributed by atoms with Crippen LogP contribution in [0.15, 0.2) is 11.6 Å². The number of esters is 1. The van der Waals surface area contributed by atoms with Gasteiger partial charge in [0, 0.05) is 18.8 Å². The average molecular weight is 419 g/mol. The molecule has 4 rings (SSSR count). The number of aliphatic hydroxyl groups is 2. The Morgan fingerprint density at radius 3 is 2.53 bits per heavy atom. The molecule has 0 saturated heterocycles. The van der Waals surface area contributed by atoms with Crippen molar-refractivity contribution in [2.24, 2.45) is 28.1 Å². The molecule has 7 atom stereocenters. The molecule has 0 aliphatic heterocycles. The van der Waals surface area contributed by atoms with Gasteiger partial charge in [-0.25, -0.2) is 0 Å². The summed E-state index contributed by atoms with van der Waals surface area (Å²) in [5.41, 5.74) is -1.71. The molecule has 0 amide bonds. The van der Waals surface area contributed by atoms with Gasteiger partial charge in [0.2, 0.25) is 5.78 Å². The number of allylic oxidation sites excluding steroid dienone is 1. The number of ketones is 2. The predicted molar refractivity (Wildman–Crippen MR) is 109 cm³/mol. The summed E-state index contributed by atoms with van der Waals surface area (Å²) >= 11 is 0. The first-order valence-corrected chi connectivity index (χ1v) is 11.2. The number of aliphatic hydroxyl groups excluding tert-OH is 1. The molecule has 4 aliphatic rings. The molecule has 0 spiro atoms. The topological polar surface area (TPSA) is 101 Å². The van der Waals surface area contributed by atoms with E-state index in [1.54, 1.807) is 6.08 Å². The lowest BCUT2D eigenvalue weighted by Crippen LogP contribution is -2.65. The fraction of sp³-hybridized carbons (Fsp3) is 0.792. The van der Waals surface area contributed by atoms with Crippen LogP contribution in [0.4, 0.5) is 0 Å². The zero-order valence-electron chi connectivity index (χ0n) is 18.5. The van der Waals surface area contributed by atoms with Crippen molar-refractivity contribution < 1.29 is 29.3 Å². The highest BCUT2D eigenvalue weighted by molar-refractivity contribution is 5.92. The van der Waals surface area contributed by atoms with E-state index in [0.29, 0.717) is 25.7 Å². The highest BCUT2D eigenvalue weighted by Crippen LogP contribution is 2.72. The van der Waals surface area contributed by atoms with Crippen molar-refractivity contribution in [3.63, 3.8) is 0 Å². The van der Waals surface area contributed by atoms with Crippen LogP contribution in [-0.4, -0.2) is 46.1 Å². The van der Waals surface area contributed by atoms with Gasteiger partial charge in [0.05, 0.1) is 6.10 Å². The number of hydrogen-bond acceptors (Lipinski definition) is 6. The normalized spacial score (nSPS) is 47.6. The highest BCUT2D eigenvalue weighted by Gasteiger charge is 2.71. The Kier molecular flexibility index (Phi) is 4.87. The molecule has 6 heteroatoms. The van der Waals surface area contributed by atoms with Gasteiger partial charge in [-0.1, -0.05) is 26.3 Å². The van der Waals surface area contributed by atoms with Gasteiger partial charge in [0.25, 0.3) is 0 Å². The van der Waals surface area contributed by atoms with Crippen LogP contribution in [0.2, 0.25) is 0 Å².